The lowest BCUT2D eigenvalue weighted by Crippen LogP contribution is -2.40. The van der Waals surface area contributed by atoms with Gasteiger partial charge in [0.15, 0.2) is 0 Å². The quantitative estimate of drug-likeness (QED) is 0.795. The summed E-state index contributed by atoms with van der Waals surface area (Å²) in [6.07, 6.45) is 5.97. The number of carbonyl (C=O) groups excluding carboxylic acids is 1. The topological polar surface area (TPSA) is 73.2 Å². The summed E-state index contributed by atoms with van der Waals surface area (Å²) < 4.78 is 6.68. The van der Waals surface area contributed by atoms with Gasteiger partial charge in [-0.1, -0.05) is 19.4 Å². The number of hydrogen-bond acceptors (Lipinski definition) is 4. The Kier molecular flexibility index (Phi) is 6.27. The second-order valence-electron chi connectivity index (χ2n) is 7.01. The Bertz CT molecular complexity index is 860. The summed E-state index contributed by atoms with van der Waals surface area (Å²) in [6.45, 7) is 2.36. The first-order chi connectivity index (χ1) is 13.1. The van der Waals surface area contributed by atoms with Gasteiger partial charge in [-0.25, -0.2) is 4.68 Å². The molecule has 1 N–H and O–H groups in total. The van der Waals surface area contributed by atoms with Crippen LogP contribution in [0, 0.1) is 0 Å². The summed E-state index contributed by atoms with van der Waals surface area (Å²) in [7, 11) is 1.57. The second-order valence-corrected chi connectivity index (χ2v) is 7.01. The number of hydrogen-bond donors (Lipinski definition) is 1. The third-order valence-corrected chi connectivity index (χ3v) is 5.08. The fourth-order valence-corrected chi connectivity index (χ4v) is 3.43. The smallest absolute Gasteiger partial charge is 0.267 e. The lowest BCUT2D eigenvalue weighted by Gasteiger charge is -2.19. The predicted octanol–water partition coefficient (Wildman–Crippen LogP) is 2.73. The lowest BCUT2D eigenvalue weighted by atomic mass is 10.1. The molecule has 0 bridgehead atoms. The Morgan fingerprint density at radius 3 is 2.85 bits per heavy atom. The molecule has 1 aromatic carbocycles. The second kappa shape index (κ2) is 8.84. The van der Waals surface area contributed by atoms with Crippen LogP contribution in [0.5, 0.6) is 5.75 Å². The number of rotatable bonds is 6. The number of nitrogens with zero attached hydrogens (tertiary/aromatic N) is 2. The average Bonchev–Trinajstić information content (AvgIpc) is 2.92. The molecule has 1 amide bonds. The molecule has 27 heavy (non-hydrogen) atoms. The Balaban J connectivity index is 1.74. The molecule has 6 heteroatoms. The highest BCUT2D eigenvalue weighted by Gasteiger charge is 2.17. The van der Waals surface area contributed by atoms with E-state index in [4.69, 9.17) is 4.74 Å². The summed E-state index contributed by atoms with van der Waals surface area (Å²) in [5, 5.41) is 7.61. The number of aryl methyl sites for hydroxylation is 2. The van der Waals surface area contributed by atoms with E-state index < -0.39 is 0 Å². The molecule has 0 spiro atoms. The van der Waals surface area contributed by atoms with Crippen molar-refractivity contribution in [3.05, 3.63) is 57.5 Å². The highest BCUT2D eigenvalue weighted by Crippen LogP contribution is 2.17. The lowest BCUT2D eigenvalue weighted by molar-refractivity contribution is 0.0930. The maximum Gasteiger partial charge on any atom is 0.267 e. The number of nitrogens with one attached hydrogen (secondary N) is 1. The van der Waals surface area contributed by atoms with Gasteiger partial charge in [0.25, 0.3) is 11.5 Å². The van der Waals surface area contributed by atoms with E-state index in [9.17, 15) is 9.59 Å². The highest BCUT2D eigenvalue weighted by molar-refractivity contribution is 5.94. The van der Waals surface area contributed by atoms with Crippen LogP contribution in [0.2, 0.25) is 0 Å². The minimum Gasteiger partial charge on any atom is -0.497 e. The number of fused-ring (bicyclic) bond motifs is 1. The molecule has 1 aliphatic rings. The summed E-state index contributed by atoms with van der Waals surface area (Å²) in [5.41, 5.74) is 2.56. The van der Waals surface area contributed by atoms with Crippen molar-refractivity contribution < 1.29 is 9.53 Å². The Hall–Kier alpha value is -2.63. The predicted molar refractivity (Wildman–Crippen MR) is 104 cm³/mol. The molecule has 3 rings (SSSR count). The normalized spacial score (nSPS) is 14.7. The first-order valence-corrected chi connectivity index (χ1v) is 9.65. The van der Waals surface area contributed by atoms with E-state index in [2.05, 4.69) is 10.4 Å². The standard InChI is InChI=1S/C21H27N3O3/c1-3-17(22-21(26)16-9-7-10-18(12-16)27-2)14-24-20(25)13-15-8-5-4-6-11-19(15)23-24/h7,9-10,12-13,17H,3-6,8,11,14H2,1-2H3,(H,22,26)/t17-/m0/s1. The molecule has 0 unspecified atom stereocenters. The monoisotopic (exact) mass is 369 g/mol. The van der Waals surface area contributed by atoms with Crippen LogP contribution in [0.1, 0.15) is 54.2 Å². The number of ether oxygens (including phenoxy) is 1. The molecule has 144 valence electrons. The molecule has 0 radical (unpaired) electrons. The van der Waals surface area contributed by atoms with Crippen LogP contribution >= 0.6 is 0 Å². The van der Waals surface area contributed by atoms with Gasteiger partial charge < -0.3 is 10.1 Å². The summed E-state index contributed by atoms with van der Waals surface area (Å²) in [5.74, 6) is 0.461. The van der Waals surface area contributed by atoms with Crippen LogP contribution in [-0.2, 0) is 19.4 Å². The average molecular weight is 369 g/mol. The number of carbonyl (C=O) groups is 1. The summed E-state index contributed by atoms with van der Waals surface area (Å²) in [6, 6.07) is 8.59. The van der Waals surface area contributed by atoms with Crippen LogP contribution < -0.4 is 15.6 Å². The van der Waals surface area contributed by atoms with Crippen LogP contribution in [-0.4, -0.2) is 28.8 Å². The van der Waals surface area contributed by atoms with Crippen LogP contribution in [0.25, 0.3) is 0 Å². The molecular formula is C21H27N3O3. The molecule has 1 heterocycles. The Labute approximate surface area is 159 Å². The molecule has 1 aromatic heterocycles. The van der Waals surface area contributed by atoms with Crippen molar-refractivity contribution >= 4 is 5.91 Å². The molecule has 0 aliphatic heterocycles. The van der Waals surface area contributed by atoms with E-state index in [0.29, 0.717) is 24.3 Å². The molecule has 1 atom stereocenters. The zero-order chi connectivity index (χ0) is 19.2. The maximum atomic E-state index is 12.6. The number of amides is 1. The molecule has 0 saturated heterocycles. The largest absolute Gasteiger partial charge is 0.497 e. The fraction of sp³-hybridized carbons (Fsp3) is 0.476. The van der Waals surface area contributed by atoms with Gasteiger partial charge in [0.2, 0.25) is 0 Å². The van der Waals surface area contributed by atoms with Gasteiger partial charge in [0, 0.05) is 17.7 Å². The van der Waals surface area contributed by atoms with E-state index >= 15 is 0 Å². The third kappa shape index (κ3) is 4.76. The summed E-state index contributed by atoms with van der Waals surface area (Å²) in [4.78, 5) is 25.0. The first-order valence-electron chi connectivity index (χ1n) is 9.65. The van der Waals surface area contributed by atoms with Crippen molar-refractivity contribution in [2.24, 2.45) is 0 Å². The van der Waals surface area contributed by atoms with Crippen molar-refractivity contribution in [3.63, 3.8) is 0 Å². The van der Waals surface area contributed by atoms with Gasteiger partial charge in [-0.15, -0.1) is 0 Å². The maximum absolute atomic E-state index is 12.6. The van der Waals surface area contributed by atoms with Gasteiger partial charge in [-0.3, -0.25) is 9.59 Å². The van der Waals surface area contributed by atoms with Crippen molar-refractivity contribution in [3.8, 4) is 5.75 Å². The van der Waals surface area contributed by atoms with E-state index in [1.165, 1.54) is 11.1 Å². The molecule has 0 fully saturated rings. The molecule has 6 nitrogen and oxygen atoms in total. The molecular weight excluding hydrogens is 342 g/mol. The van der Waals surface area contributed by atoms with E-state index in [0.717, 1.165) is 36.9 Å². The highest BCUT2D eigenvalue weighted by atomic mass is 16.5. The van der Waals surface area contributed by atoms with Crippen molar-refractivity contribution in [1.82, 2.24) is 15.1 Å². The molecule has 0 saturated carbocycles. The minimum atomic E-state index is -0.177. The first kappa shape index (κ1) is 19.1. The summed E-state index contributed by atoms with van der Waals surface area (Å²) >= 11 is 0. The Morgan fingerprint density at radius 2 is 2.07 bits per heavy atom. The van der Waals surface area contributed by atoms with Crippen molar-refractivity contribution in [2.45, 2.75) is 58.0 Å². The van der Waals surface area contributed by atoms with E-state index in [-0.39, 0.29) is 17.5 Å². The zero-order valence-electron chi connectivity index (χ0n) is 16.0. The van der Waals surface area contributed by atoms with Gasteiger partial charge in [-0.2, -0.15) is 5.10 Å². The van der Waals surface area contributed by atoms with Crippen molar-refractivity contribution in [2.75, 3.05) is 7.11 Å². The van der Waals surface area contributed by atoms with Crippen LogP contribution in [0.4, 0.5) is 0 Å². The zero-order valence-corrected chi connectivity index (χ0v) is 16.0. The Morgan fingerprint density at radius 1 is 1.26 bits per heavy atom. The SMILES string of the molecule is CC[C@@H](Cn1nc2c(cc1=O)CCCCC2)NC(=O)c1cccc(OC)c1. The van der Waals surface area contributed by atoms with Gasteiger partial charge >= 0.3 is 0 Å². The molecule has 2 aromatic rings. The number of benzene rings is 1. The third-order valence-electron chi connectivity index (χ3n) is 5.08. The van der Waals surface area contributed by atoms with Crippen LogP contribution in [0.15, 0.2) is 35.1 Å². The fourth-order valence-electron chi connectivity index (χ4n) is 3.43. The number of methoxy groups -OCH3 is 1. The molecule has 1 aliphatic carbocycles. The van der Waals surface area contributed by atoms with Gasteiger partial charge in [-0.05, 0) is 55.9 Å². The van der Waals surface area contributed by atoms with E-state index in [1.807, 2.05) is 6.92 Å². The van der Waals surface area contributed by atoms with Crippen molar-refractivity contribution in [1.29, 1.82) is 0 Å². The number of aromatic nitrogens is 2. The van der Waals surface area contributed by atoms with Gasteiger partial charge in [0.1, 0.15) is 5.75 Å². The van der Waals surface area contributed by atoms with Gasteiger partial charge in [0.05, 0.1) is 19.3 Å². The van der Waals surface area contributed by atoms with Crippen LogP contribution in [0.3, 0.4) is 0 Å². The van der Waals surface area contributed by atoms with E-state index in [1.54, 1.807) is 37.4 Å². The minimum absolute atomic E-state index is 0.0928.